The van der Waals surface area contributed by atoms with E-state index in [4.69, 9.17) is 5.11 Å². The van der Waals surface area contributed by atoms with Crippen LogP contribution in [-0.4, -0.2) is 16.3 Å². The van der Waals surface area contributed by atoms with Gasteiger partial charge in [0.2, 0.25) is 10.5 Å². The molecular weight excluding hydrogens is 246 g/mol. The summed E-state index contributed by atoms with van der Waals surface area (Å²) in [6.07, 6.45) is 0.986. The first-order valence-corrected chi connectivity index (χ1v) is 6.92. The Balaban J connectivity index is 1.88. The number of nitrogens with zero attached hydrogens (tertiary/aromatic N) is 1. The van der Waals surface area contributed by atoms with E-state index in [1.54, 1.807) is 11.8 Å². The summed E-state index contributed by atoms with van der Waals surface area (Å²) in [5.41, 5.74) is 1.24. The summed E-state index contributed by atoms with van der Waals surface area (Å²) in [6, 6.07) is 12.6. The number of aliphatic carboxylic acids is 1. The molecule has 4 heteroatoms. The van der Waals surface area contributed by atoms with Crippen molar-refractivity contribution in [3.05, 3.63) is 36.4 Å². The number of carboxylic acids is 1. The second-order valence-corrected chi connectivity index (χ2v) is 5.83. The zero-order chi connectivity index (χ0) is 12.5. The fraction of sp³-hybridized carbons (Fsp3) is 0.286. The highest BCUT2D eigenvalue weighted by atomic mass is 32.2. The molecule has 3 rings (SSSR count). The van der Waals surface area contributed by atoms with Crippen molar-refractivity contribution in [2.75, 3.05) is 0 Å². The molecule has 0 saturated heterocycles. The second-order valence-electron chi connectivity index (χ2n) is 4.51. The van der Waals surface area contributed by atoms with Gasteiger partial charge in [0.05, 0.1) is 5.25 Å². The molecule has 0 bridgehead atoms. The average Bonchev–Trinajstić information content (AvgIpc) is 2.79. The molecule has 2 heterocycles. The molecule has 92 valence electrons. The molecule has 1 atom stereocenters. The number of para-hydroxylation sites is 1. The van der Waals surface area contributed by atoms with Gasteiger partial charge in [-0.2, -0.15) is 4.57 Å². The number of rotatable bonds is 3. The molecule has 0 fully saturated rings. The van der Waals surface area contributed by atoms with E-state index >= 15 is 0 Å². The SMILES string of the molecule is O=C(O)CCC1C[n+]2c(ccc3ccccc32)S1. The van der Waals surface area contributed by atoms with Crippen LogP contribution in [0.25, 0.3) is 10.9 Å². The lowest BCUT2D eigenvalue weighted by Gasteiger charge is -2.00. The third-order valence-corrected chi connectivity index (χ3v) is 4.57. The minimum absolute atomic E-state index is 0.254. The molecule has 0 amide bonds. The van der Waals surface area contributed by atoms with Crippen molar-refractivity contribution in [3.8, 4) is 0 Å². The van der Waals surface area contributed by atoms with Crippen LogP contribution in [0, 0.1) is 0 Å². The number of aromatic nitrogens is 1. The lowest BCUT2D eigenvalue weighted by atomic mass is 10.2. The van der Waals surface area contributed by atoms with Crippen LogP contribution in [0.4, 0.5) is 0 Å². The maximum absolute atomic E-state index is 10.6. The minimum atomic E-state index is -0.707. The number of hydrogen-bond donors (Lipinski definition) is 1. The summed E-state index contributed by atoms with van der Waals surface area (Å²) in [7, 11) is 0. The van der Waals surface area contributed by atoms with Gasteiger partial charge in [-0.05, 0) is 30.3 Å². The smallest absolute Gasteiger partial charge is 0.303 e. The van der Waals surface area contributed by atoms with Gasteiger partial charge in [0.1, 0.15) is 0 Å². The van der Waals surface area contributed by atoms with Crippen LogP contribution < -0.4 is 4.57 Å². The van der Waals surface area contributed by atoms with E-state index in [9.17, 15) is 4.79 Å². The number of benzene rings is 1. The van der Waals surface area contributed by atoms with Crippen molar-refractivity contribution in [1.82, 2.24) is 0 Å². The van der Waals surface area contributed by atoms with Crippen LogP contribution in [0.3, 0.4) is 0 Å². The largest absolute Gasteiger partial charge is 0.481 e. The van der Waals surface area contributed by atoms with Crippen LogP contribution in [0.2, 0.25) is 0 Å². The monoisotopic (exact) mass is 260 g/mol. The molecule has 1 N–H and O–H groups in total. The third-order valence-electron chi connectivity index (χ3n) is 3.25. The molecule has 0 radical (unpaired) electrons. The van der Waals surface area contributed by atoms with Crippen molar-refractivity contribution < 1.29 is 14.5 Å². The van der Waals surface area contributed by atoms with Crippen molar-refractivity contribution in [1.29, 1.82) is 0 Å². The lowest BCUT2D eigenvalue weighted by Crippen LogP contribution is -2.35. The van der Waals surface area contributed by atoms with Crippen LogP contribution >= 0.6 is 11.8 Å². The Hall–Kier alpha value is -1.55. The normalized spacial score (nSPS) is 17.9. The standard InChI is InChI=1S/C14H13NO2S/c16-14(17)8-6-11-9-15-12-4-2-1-3-10(12)5-7-13(15)18-11/h1-5,7,11H,6,8-9H2/p+1. The van der Waals surface area contributed by atoms with Gasteiger partial charge in [0, 0.05) is 23.9 Å². The Morgan fingerprint density at radius 2 is 2.17 bits per heavy atom. The number of fused-ring (bicyclic) bond motifs is 3. The van der Waals surface area contributed by atoms with Gasteiger partial charge >= 0.3 is 5.97 Å². The molecular formula is C14H14NO2S+. The van der Waals surface area contributed by atoms with Gasteiger partial charge in [-0.3, -0.25) is 4.79 Å². The summed E-state index contributed by atoms with van der Waals surface area (Å²) in [5, 5.41) is 11.6. The number of hydrogen-bond acceptors (Lipinski definition) is 2. The lowest BCUT2D eigenvalue weighted by molar-refractivity contribution is -0.701. The highest BCUT2D eigenvalue weighted by molar-refractivity contribution is 7.99. The van der Waals surface area contributed by atoms with Crippen molar-refractivity contribution in [3.63, 3.8) is 0 Å². The summed E-state index contributed by atoms with van der Waals surface area (Å²) in [4.78, 5) is 10.6. The Kier molecular flexibility index (Phi) is 2.96. The van der Waals surface area contributed by atoms with Crippen LogP contribution in [-0.2, 0) is 11.3 Å². The highest BCUT2D eigenvalue weighted by Gasteiger charge is 2.31. The zero-order valence-electron chi connectivity index (χ0n) is 9.87. The van der Waals surface area contributed by atoms with Crippen molar-refractivity contribution >= 4 is 28.6 Å². The fourth-order valence-corrected chi connectivity index (χ4v) is 3.63. The number of carbonyl (C=O) groups is 1. The van der Waals surface area contributed by atoms with Crippen LogP contribution in [0.1, 0.15) is 12.8 Å². The maximum atomic E-state index is 10.6. The van der Waals surface area contributed by atoms with Gasteiger partial charge in [0.15, 0.2) is 6.54 Å². The molecule has 1 aromatic heterocycles. The number of pyridine rings is 1. The first kappa shape index (κ1) is 11.5. The van der Waals surface area contributed by atoms with Crippen LogP contribution in [0.5, 0.6) is 0 Å². The first-order valence-electron chi connectivity index (χ1n) is 6.04. The van der Waals surface area contributed by atoms with Gasteiger partial charge < -0.3 is 5.11 Å². The molecule has 1 aliphatic rings. The van der Waals surface area contributed by atoms with Gasteiger partial charge in [-0.25, -0.2) is 0 Å². The average molecular weight is 260 g/mol. The summed E-state index contributed by atoms with van der Waals surface area (Å²) in [5.74, 6) is -0.707. The predicted octanol–water partition coefficient (Wildman–Crippen LogP) is 2.47. The quantitative estimate of drug-likeness (QED) is 0.862. The molecule has 0 aliphatic carbocycles. The molecule has 2 aromatic rings. The molecule has 0 spiro atoms. The van der Waals surface area contributed by atoms with E-state index in [0.29, 0.717) is 5.25 Å². The Morgan fingerprint density at radius 1 is 1.33 bits per heavy atom. The molecule has 18 heavy (non-hydrogen) atoms. The second kappa shape index (κ2) is 4.61. The van der Waals surface area contributed by atoms with Crippen molar-refractivity contribution in [2.24, 2.45) is 0 Å². The van der Waals surface area contributed by atoms with Gasteiger partial charge in [-0.1, -0.05) is 12.1 Å². The van der Waals surface area contributed by atoms with E-state index < -0.39 is 5.97 Å². The molecule has 3 nitrogen and oxygen atoms in total. The van der Waals surface area contributed by atoms with E-state index in [2.05, 4.69) is 28.8 Å². The summed E-state index contributed by atoms with van der Waals surface area (Å²) in [6.45, 7) is 0.911. The molecule has 0 saturated carbocycles. The Bertz CT molecular complexity index is 612. The topological polar surface area (TPSA) is 41.2 Å². The first-order chi connectivity index (χ1) is 8.74. The van der Waals surface area contributed by atoms with E-state index in [1.165, 1.54) is 15.9 Å². The Labute approximate surface area is 109 Å². The highest BCUT2D eigenvalue weighted by Crippen LogP contribution is 2.31. The predicted molar refractivity (Wildman–Crippen MR) is 70.7 cm³/mol. The van der Waals surface area contributed by atoms with Crippen molar-refractivity contribution in [2.45, 2.75) is 29.7 Å². The fourth-order valence-electron chi connectivity index (χ4n) is 2.38. The minimum Gasteiger partial charge on any atom is -0.481 e. The molecule has 1 aliphatic heterocycles. The van der Waals surface area contributed by atoms with Gasteiger partial charge in [-0.15, -0.1) is 0 Å². The van der Waals surface area contributed by atoms with E-state index in [0.717, 1.165) is 13.0 Å². The summed E-state index contributed by atoms with van der Waals surface area (Å²) >= 11 is 1.79. The maximum Gasteiger partial charge on any atom is 0.303 e. The van der Waals surface area contributed by atoms with Gasteiger partial charge in [0.25, 0.3) is 0 Å². The zero-order valence-corrected chi connectivity index (χ0v) is 10.7. The molecule has 1 aromatic carbocycles. The Morgan fingerprint density at radius 3 is 3.00 bits per heavy atom. The number of carboxylic acid groups (broad SMARTS) is 1. The third kappa shape index (κ3) is 2.08. The summed E-state index contributed by atoms with van der Waals surface area (Å²) < 4.78 is 2.30. The van der Waals surface area contributed by atoms with E-state index in [1.807, 2.05) is 12.1 Å². The number of thioether (sulfide) groups is 1. The molecule has 1 unspecified atom stereocenters. The van der Waals surface area contributed by atoms with Crippen LogP contribution in [0.15, 0.2) is 41.4 Å². The van der Waals surface area contributed by atoms with E-state index in [-0.39, 0.29) is 6.42 Å².